The molecule has 37 heavy (non-hydrogen) atoms. The van der Waals surface area contributed by atoms with Gasteiger partial charge in [-0.2, -0.15) is 0 Å². The lowest BCUT2D eigenvalue weighted by Crippen LogP contribution is -2.03. The molecule has 0 nitrogen and oxygen atoms in total. The number of hydrogen-bond acceptors (Lipinski definition) is 0. The molecule has 1 rings (SSSR count). The van der Waals surface area contributed by atoms with Crippen LogP contribution in [0, 0.1) is 6.92 Å². The molecule has 1 aromatic rings. The number of rotatable bonds is 27. The fourth-order valence-electron chi connectivity index (χ4n) is 5.97. The Bertz CT molecular complexity index is 571. The van der Waals surface area contributed by atoms with E-state index in [9.17, 15) is 0 Å². The summed E-state index contributed by atoms with van der Waals surface area (Å²) in [6.45, 7) is 11.3. The Labute approximate surface area is 235 Å². The molecule has 0 N–H and O–H groups in total. The van der Waals surface area contributed by atoms with Crippen molar-refractivity contribution in [3.8, 4) is 0 Å². The number of unbranched alkanes of at least 4 members (excludes halogenated alkanes) is 21. The maximum Gasteiger partial charge on any atom is -0.0238 e. The van der Waals surface area contributed by atoms with Crippen LogP contribution < -0.4 is 0 Å². The van der Waals surface area contributed by atoms with E-state index in [-0.39, 0.29) is 0 Å². The zero-order valence-electron chi connectivity index (χ0n) is 26.0. The van der Waals surface area contributed by atoms with Crippen molar-refractivity contribution in [2.45, 2.75) is 194 Å². The Morgan fingerprint density at radius 3 is 0.973 bits per heavy atom. The van der Waals surface area contributed by atoms with Crippen LogP contribution in [0.5, 0.6) is 0 Å². The van der Waals surface area contributed by atoms with E-state index in [4.69, 9.17) is 0 Å². The van der Waals surface area contributed by atoms with Crippen LogP contribution in [0.1, 0.15) is 197 Å². The zero-order chi connectivity index (χ0) is 26.8. The van der Waals surface area contributed by atoms with Crippen LogP contribution in [0.4, 0.5) is 0 Å². The number of aryl methyl sites for hydroxylation is 2. The van der Waals surface area contributed by atoms with Gasteiger partial charge in [-0.25, -0.2) is 0 Å². The van der Waals surface area contributed by atoms with Crippen molar-refractivity contribution in [3.63, 3.8) is 0 Å². The van der Waals surface area contributed by atoms with Gasteiger partial charge >= 0.3 is 0 Å². The summed E-state index contributed by atoms with van der Waals surface area (Å²) in [6.07, 6.45) is 37.7. The average Bonchev–Trinajstić information content (AvgIpc) is 2.89. The topological polar surface area (TPSA) is 0 Å². The number of benzene rings is 1. The van der Waals surface area contributed by atoms with Crippen molar-refractivity contribution in [2.75, 3.05) is 0 Å². The Morgan fingerprint density at radius 2 is 0.649 bits per heavy atom. The molecular weight excluding hydrogens is 444 g/mol. The first-order valence-electron chi connectivity index (χ1n) is 17.2. The van der Waals surface area contributed by atoms with Crippen LogP contribution in [0.25, 0.3) is 0 Å². The fraction of sp³-hybridized carbons (Fsp3) is 0.811. The SMILES string of the molecule is [CH2]c1cc(CCCCCCCCCC)c(CCCCCCCCCC)c(CCCCCCCCCC)c1. The van der Waals surface area contributed by atoms with Crippen molar-refractivity contribution in [1.82, 2.24) is 0 Å². The van der Waals surface area contributed by atoms with Crippen LogP contribution in [0.2, 0.25) is 0 Å². The number of hydrogen-bond donors (Lipinski definition) is 0. The van der Waals surface area contributed by atoms with Gasteiger partial charge in [-0.3, -0.25) is 0 Å². The molecule has 1 aromatic carbocycles. The van der Waals surface area contributed by atoms with Crippen molar-refractivity contribution in [1.29, 1.82) is 0 Å². The van der Waals surface area contributed by atoms with Gasteiger partial charge in [0.15, 0.2) is 0 Å². The van der Waals surface area contributed by atoms with Crippen molar-refractivity contribution < 1.29 is 0 Å². The zero-order valence-corrected chi connectivity index (χ0v) is 26.0. The minimum absolute atomic E-state index is 1.25. The minimum Gasteiger partial charge on any atom is -0.0654 e. The standard InChI is InChI=1S/C37H67/c1-5-8-11-14-17-20-23-26-29-35-32-34(4)33-36(30-27-24-21-18-15-12-9-6-2)37(35)31-28-25-22-19-16-13-10-7-3/h32-33H,4-31H2,1-3H3. The van der Waals surface area contributed by atoms with Gasteiger partial charge in [-0.1, -0.05) is 168 Å². The van der Waals surface area contributed by atoms with Crippen LogP contribution in [-0.4, -0.2) is 0 Å². The summed E-state index contributed by atoms with van der Waals surface area (Å²) < 4.78 is 0. The van der Waals surface area contributed by atoms with E-state index < -0.39 is 0 Å². The smallest absolute Gasteiger partial charge is 0.0238 e. The van der Waals surface area contributed by atoms with Gasteiger partial charge in [0.2, 0.25) is 0 Å². The third-order valence-corrected chi connectivity index (χ3v) is 8.37. The van der Waals surface area contributed by atoms with Gasteiger partial charge < -0.3 is 0 Å². The minimum atomic E-state index is 1.25. The van der Waals surface area contributed by atoms with Gasteiger partial charge in [-0.05, 0) is 67.7 Å². The van der Waals surface area contributed by atoms with Crippen LogP contribution in [0.15, 0.2) is 12.1 Å². The third-order valence-electron chi connectivity index (χ3n) is 8.37. The maximum atomic E-state index is 4.40. The Morgan fingerprint density at radius 1 is 0.378 bits per heavy atom. The lowest BCUT2D eigenvalue weighted by molar-refractivity contribution is 0.567. The molecule has 0 unspecified atom stereocenters. The summed E-state index contributed by atoms with van der Waals surface area (Å²) >= 11 is 0. The van der Waals surface area contributed by atoms with E-state index in [1.165, 1.54) is 179 Å². The van der Waals surface area contributed by atoms with Crippen LogP contribution >= 0.6 is 0 Å². The predicted octanol–water partition coefficient (Wildman–Crippen LogP) is 12.9. The molecule has 0 aliphatic heterocycles. The molecule has 0 spiro atoms. The molecule has 1 radical (unpaired) electrons. The lowest BCUT2D eigenvalue weighted by atomic mass is 9.88. The molecule has 215 valence electrons. The van der Waals surface area contributed by atoms with E-state index >= 15 is 0 Å². The fourth-order valence-corrected chi connectivity index (χ4v) is 5.97. The summed E-state index contributed by atoms with van der Waals surface area (Å²) in [5, 5.41) is 0. The first kappa shape index (κ1) is 34.2. The van der Waals surface area contributed by atoms with E-state index in [2.05, 4.69) is 39.8 Å². The predicted molar refractivity (Wildman–Crippen MR) is 170 cm³/mol. The van der Waals surface area contributed by atoms with Gasteiger partial charge in [0.05, 0.1) is 0 Å². The van der Waals surface area contributed by atoms with Crippen LogP contribution in [-0.2, 0) is 19.3 Å². The van der Waals surface area contributed by atoms with E-state index in [1.54, 1.807) is 16.7 Å². The summed E-state index contributed by atoms with van der Waals surface area (Å²) in [4.78, 5) is 0. The van der Waals surface area contributed by atoms with Crippen LogP contribution in [0.3, 0.4) is 0 Å². The first-order chi connectivity index (χ1) is 18.2. The molecule has 0 aromatic heterocycles. The first-order valence-corrected chi connectivity index (χ1v) is 17.2. The summed E-state index contributed by atoms with van der Waals surface area (Å²) in [5.74, 6) is 0. The molecule has 0 aliphatic rings. The van der Waals surface area contributed by atoms with E-state index in [0.29, 0.717) is 0 Å². The second-order valence-corrected chi connectivity index (χ2v) is 12.1. The third kappa shape index (κ3) is 19.0. The van der Waals surface area contributed by atoms with E-state index in [1.807, 2.05) is 0 Å². The molecule has 0 bridgehead atoms. The van der Waals surface area contributed by atoms with Crippen molar-refractivity contribution in [3.05, 3.63) is 41.3 Å². The Balaban J connectivity index is 2.57. The molecule has 0 heteroatoms. The molecule has 0 amide bonds. The quantitative estimate of drug-likeness (QED) is 0.103. The summed E-state index contributed by atoms with van der Waals surface area (Å²) in [6, 6.07) is 4.89. The molecule has 0 saturated carbocycles. The Hall–Kier alpha value is -0.780. The highest BCUT2D eigenvalue weighted by atomic mass is 14.2. The Kier molecular flexibility index (Phi) is 23.6. The molecule has 0 saturated heterocycles. The molecule has 0 fully saturated rings. The lowest BCUT2D eigenvalue weighted by Gasteiger charge is -2.17. The van der Waals surface area contributed by atoms with Gasteiger partial charge in [0.1, 0.15) is 0 Å². The monoisotopic (exact) mass is 512 g/mol. The van der Waals surface area contributed by atoms with Gasteiger partial charge in [-0.15, -0.1) is 0 Å². The van der Waals surface area contributed by atoms with Gasteiger partial charge in [0.25, 0.3) is 0 Å². The second-order valence-electron chi connectivity index (χ2n) is 12.1. The highest BCUT2D eigenvalue weighted by Gasteiger charge is 2.10. The average molecular weight is 512 g/mol. The van der Waals surface area contributed by atoms with Crippen molar-refractivity contribution in [2.24, 2.45) is 0 Å². The van der Waals surface area contributed by atoms with Gasteiger partial charge in [0, 0.05) is 0 Å². The van der Waals surface area contributed by atoms with Crippen molar-refractivity contribution >= 4 is 0 Å². The van der Waals surface area contributed by atoms with E-state index in [0.717, 1.165) is 0 Å². The molecule has 0 atom stereocenters. The summed E-state index contributed by atoms with van der Waals surface area (Å²) in [5.41, 5.74) is 6.28. The molecule has 0 aliphatic carbocycles. The maximum absolute atomic E-state index is 4.40. The second kappa shape index (κ2) is 25.5. The highest BCUT2D eigenvalue weighted by Crippen LogP contribution is 2.25. The largest absolute Gasteiger partial charge is 0.0654 e. The highest BCUT2D eigenvalue weighted by molar-refractivity contribution is 5.41. The summed E-state index contributed by atoms with van der Waals surface area (Å²) in [7, 11) is 0. The molecular formula is C37H67. The molecule has 0 heterocycles. The normalized spacial score (nSPS) is 11.5.